The van der Waals surface area contributed by atoms with Crippen LogP contribution in [0.15, 0.2) is 0 Å². The van der Waals surface area contributed by atoms with Crippen LogP contribution < -0.4 is 0 Å². The third-order valence-corrected chi connectivity index (χ3v) is 4.01. The molecule has 94 valence electrons. The number of ether oxygens (including phenoxy) is 1. The maximum Gasteiger partial charge on any atom is 0.158 e. The van der Waals surface area contributed by atoms with Crippen LogP contribution in [0.4, 0.5) is 0 Å². The molecule has 3 N–H and O–H groups in total. The lowest BCUT2D eigenvalue weighted by atomic mass is 9.82. The smallest absolute Gasteiger partial charge is 0.158 e. The largest absolute Gasteiger partial charge is 0.396 e. The van der Waals surface area contributed by atoms with E-state index in [9.17, 15) is 15.3 Å². The van der Waals surface area contributed by atoms with Crippen molar-refractivity contribution in [1.29, 1.82) is 0 Å². The van der Waals surface area contributed by atoms with Crippen molar-refractivity contribution in [3.63, 3.8) is 0 Å². The first kappa shape index (κ1) is 12.3. The molecule has 0 aromatic carbocycles. The molecule has 2 fully saturated rings. The van der Waals surface area contributed by atoms with Gasteiger partial charge in [0.05, 0.1) is 12.2 Å². The minimum absolute atomic E-state index is 0.0105. The fraction of sp³-hybridized carbons (Fsp3) is 1.00. The summed E-state index contributed by atoms with van der Waals surface area (Å²) >= 11 is 0. The third kappa shape index (κ3) is 2.40. The van der Waals surface area contributed by atoms with Gasteiger partial charge in [-0.15, -0.1) is 0 Å². The molecule has 2 bridgehead atoms. The van der Waals surface area contributed by atoms with Gasteiger partial charge >= 0.3 is 0 Å². The second kappa shape index (κ2) is 5.45. The van der Waals surface area contributed by atoms with Crippen LogP contribution in [-0.2, 0) is 4.74 Å². The van der Waals surface area contributed by atoms with Crippen molar-refractivity contribution in [2.45, 2.75) is 57.0 Å². The van der Waals surface area contributed by atoms with E-state index >= 15 is 0 Å². The van der Waals surface area contributed by atoms with Crippen LogP contribution >= 0.6 is 0 Å². The number of fused-ring (bicyclic) bond motifs is 2. The maximum atomic E-state index is 9.99. The molecule has 4 nitrogen and oxygen atoms in total. The van der Waals surface area contributed by atoms with Gasteiger partial charge in [0.1, 0.15) is 0 Å². The molecule has 1 heterocycles. The fourth-order valence-electron chi connectivity index (χ4n) is 3.04. The average Bonchev–Trinajstić information content (AvgIpc) is 2.58. The molecule has 5 atom stereocenters. The van der Waals surface area contributed by atoms with E-state index in [2.05, 4.69) is 0 Å². The molecule has 0 aromatic heterocycles. The van der Waals surface area contributed by atoms with Crippen LogP contribution in [0.3, 0.4) is 0 Å². The Morgan fingerprint density at radius 2 is 1.69 bits per heavy atom. The van der Waals surface area contributed by atoms with Gasteiger partial charge in [0.25, 0.3) is 0 Å². The van der Waals surface area contributed by atoms with Crippen molar-refractivity contribution < 1.29 is 20.1 Å². The minimum atomic E-state index is -0.810. The molecule has 1 saturated carbocycles. The molecule has 16 heavy (non-hydrogen) atoms. The van der Waals surface area contributed by atoms with Crippen LogP contribution in [0.2, 0.25) is 0 Å². The summed E-state index contributed by atoms with van der Waals surface area (Å²) in [6, 6.07) is 0. The molecular weight excluding hydrogens is 208 g/mol. The zero-order valence-electron chi connectivity index (χ0n) is 9.59. The molecule has 0 spiro atoms. The molecule has 1 saturated heterocycles. The van der Waals surface area contributed by atoms with Gasteiger partial charge in [-0.3, -0.25) is 0 Å². The highest BCUT2D eigenvalue weighted by atomic mass is 16.6. The molecule has 1 aliphatic carbocycles. The lowest BCUT2D eigenvalue weighted by Gasteiger charge is -2.25. The Hall–Kier alpha value is -0.160. The van der Waals surface area contributed by atoms with Crippen molar-refractivity contribution in [1.82, 2.24) is 0 Å². The first-order chi connectivity index (χ1) is 7.74. The van der Waals surface area contributed by atoms with Crippen LogP contribution in [-0.4, -0.2) is 40.4 Å². The lowest BCUT2D eigenvalue weighted by Crippen LogP contribution is -2.35. The van der Waals surface area contributed by atoms with Crippen molar-refractivity contribution in [2.24, 2.45) is 11.8 Å². The van der Waals surface area contributed by atoms with Gasteiger partial charge in [0, 0.05) is 18.4 Å². The SMILES string of the molecule is OC[C@@H]1[C@H]2CCCCCC[C@@H](O)[C@@H]1O[C@H]2O. The van der Waals surface area contributed by atoms with E-state index in [1.165, 1.54) is 0 Å². The Kier molecular flexibility index (Phi) is 4.19. The van der Waals surface area contributed by atoms with E-state index in [1.807, 2.05) is 0 Å². The average molecular weight is 230 g/mol. The quantitative estimate of drug-likeness (QED) is 0.618. The number of aliphatic hydroxyl groups excluding tert-OH is 3. The highest BCUT2D eigenvalue weighted by molar-refractivity contribution is 4.90. The molecular formula is C12H22O4. The summed E-state index contributed by atoms with van der Waals surface area (Å²) in [5, 5.41) is 29.2. The monoisotopic (exact) mass is 230 g/mol. The second-order valence-electron chi connectivity index (χ2n) is 5.06. The Bertz CT molecular complexity index is 221. The van der Waals surface area contributed by atoms with E-state index in [1.54, 1.807) is 0 Å². The molecule has 4 heteroatoms. The van der Waals surface area contributed by atoms with E-state index in [0.29, 0.717) is 6.42 Å². The normalized spacial score (nSPS) is 45.6. The van der Waals surface area contributed by atoms with Crippen LogP contribution in [0, 0.1) is 11.8 Å². The number of aliphatic hydroxyl groups is 3. The van der Waals surface area contributed by atoms with Gasteiger partial charge in [-0.1, -0.05) is 25.7 Å². The first-order valence-corrected chi connectivity index (χ1v) is 6.36. The Labute approximate surface area is 96.2 Å². The molecule has 1 aliphatic heterocycles. The summed E-state index contributed by atoms with van der Waals surface area (Å²) in [6.45, 7) is -0.0105. The van der Waals surface area contributed by atoms with Crippen molar-refractivity contribution >= 4 is 0 Å². The van der Waals surface area contributed by atoms with Gasteiger partial charge in [-0.05, 0) is 12.8 Å². The molecule has 2 aliphatic rings. The van der Waals surface area contributed by atoms with Gasteiger partial charge in [-0.2, -0.15) is 0 Å². The van der Waals surface area contributed by atoms with Gasteiger partial charge in [-0.25, -0.2) is 0 Å². The van der Waals surface area contributed by atoms with E-state index < -0.39 is 12.4 Å². The summed E-state index contributed by atoms with van der Waals surface area (Å²) in [5.41, 5.74) is 0. The molecule has 0 radical (unpaired) electrons. The molecule has 0 aromatic rings. The van der Waals surface area contributed by atoms with E-state index in [0.717, 1.165) is 32.1 Å². The molecule has 0 amide bonds. The van der Waals surface area contributed by atoms with E-state index in [4.69, 9.17) is 4.74 Å². The van der Waals surface area contributed by atoms with E-state index in [-0.39, 0.29) is 24.5 Å². The highest BCUT2D eigenvalue weighted by Gasteiger charge is 2.45. The number of hydrogen-bond acceptors (Lipinski definition) is 4. The number of rotatable bonds is 1. The standard InChI is InChI=1S/C12H22O4/c13-7-9-8-5-3-1-2-4-6-10(14)11(9)16-12(8)15/h8-15H,1-7H2/t8-,9-,10-,11-,12-/m1/s1. The van der Waals surface area contributed by atoms with Crippen molar-refractivity contribution in [2.75, 3.05) is 6.61 Å². The van der Waals surface area contributed by atoms with Gasteiger partial charge in [0.2, 0.25) is 0 Å². The summed E-state index contributed by atoms with van der Waals surface area (Å²) in [7, 11) is 0. The molecule has 0 unspecified atom stereocenters. The van der Waals surface area contributed by atoms with Crippen LogP contribution in [0.25, 0.3) is 0 Å². The Morgan fingerprint density at radius 3 is 2.38 bits per heavy atom. The maximum absolute atomic E-state index is 9.99. The summed E-state index contributed by atoms with van der Waals surface area (Å²) in [6.07, 6.45) is 4.20. The van der Waals surface area contributed by atoms with Crippen molar-refractivity contribution in [3.05, 3.63) is 0 Å². The molecule has 2 rings (SSSR count). The fourth-order valence-corrected chi connectivity index (χ4v) is 3.04. The van der Waals surface area contributed by atoms with Gasteiger partial charge < -0.3 is 20.1 Å². The van der Waals surface area contributed by atoms with Crippen LogP contribution in [0.1, 0.15) is 38.5 Å². The summed E-state index contributed by atoms with van der Waals surface area (Å²) in [5.74, 6) is -0.120. The van der Waals surface area contributed by atoms with Crippen molar-refractivity contribution in [3.8, 4) is 0 Å². The second-order valence-corrected chi connectivity index (χ2v) is 5.06. The Balaban J connectivity index is 2.10. The zero-order chi connectivity index (χ0) is 11.5. The predicted molar refractivity (Wildman–Crippen MR) is 58.7 cm³/mol. The predicted octanol–water partition coefficient (Wildman–Crippen LogP) is 0.643. The topological polar surface area (TPSA) is 69.9 Å². The Morgan fingerprint density at radius 1 is 1.00 bits per heavy atom. The zero-order valence-corrected chi connectivity index (χ0v) is 9.59. The lowest BCUT2D eigenvalue weighted by molar-refractivity contribution is -0.135. The summed E-state index contributed by atoms with van der Waals surface area (Å²) < 4.78 is 5.42. The number of hydrogen-bond donors (Lipinski definition) is 3. The third-order valence-electron chi connectivity index (χ3n) is 4.01. The minimum Gasteiger partial charge on any atom is -0.396 e. The first-order valence-electron chi connectivity index (χ1n) is 6.36. The van der Waals surface area contributed by atoms with Crippen LogP contribution in [0.5, 0.6) is 0 Å². The van der Waals surface area contributed by atoms with Gasteiger partial charge in [0.15, 0.2) is 6.29 Å². The highest BCUT2D eigenvalue weighted by Crippen LogP contribution is 2.38. The summed E-state index contributed by atoms with van der Waals surface area (Å²) in [4.78, 5) is 0.